The molecule has 0 bridgehead atoms. The summed E-state index contributed by atoms with van der Waals surface area (Å²) in [5, 5.41) is 1.63. The number of ether oxygens (including phenoxy) is 1. The van der Waals surface area contributed by atoms with Gasteiger partial charge in [-0.3, -0.25) is 0 Å². The molecule has 1 aromatic carbocycles. The van der Waals surface area contributed by atoms with E-state index in [0.29, 0.717) is 31.7 Å². The summed E-state index contributed by atoms with van der Waals surface area (Å²) in [5.41, 5.74) is 0.542. The van der Waals surface area contributed by atoms with Gasteiger partial charge in [-0.2, -0.15) is 0 Å². The molecule has 0 spiro atoms. The summed E-state index contributed by atoms with van der Waals surface area (Å²) >= 11 is 23.6. The van der Waals surface area contributed by atoms with Crippen molar-refractivity contribution in [1.29, 1.82) is 0 Å². The Balaban J connectivity index is 2.16. The van der Waals surface area contributed by atoms with Crippen molar-refractivity contribution in [2.75, 3.05) is 0 Å². The normalized spacial score (nSPS) is 10.4. The molecule has 0 aliphatic carbocycles. The van der Waals surface area contributed by atoms with Crippen LogP contribution in [-0.2, 0) is 6.61 Å². The largest absolute Gasteiger partial charge is 0.486 e. The SMILES string of the molecule is Clc1ccc(Cl)c(COc2cccc(Cl)c2Cl)n1. The zero-order valence-electron chi connectivity index (χ0n) is 8.96. The van der Waals surface area contributed by atoms with Crippen molar-refractivity contribution in [2.45, 2.75) is 6.61 Å². The number of halogens is 4. The van der Waals surface area contributed by atoms with Crippen LogP contribution in [0.25, 0.3) is 0 Å². The smallest absolute Gasteiger partial charge is 0.140 e. The monoisotopic (exact) mass is 321 g/mol. The van der Waals surface area contributed by atoms with Crippen LogP contribution in [0.5, 0.6) is 5.75 Å². The lowest BCUT2D eigenvalue weighted by Gasteiger charge is -2.09. The number of hydrogen-bond donors (Lipinski definition) is 0. The van der Waals surface area contributed by atoms with Gasteiger partial charge in [-0.15, -0.1) is 0 Å². The molecule has 0 aliphatic rings. The molecule has 94 valence electrons. The number of hydrogen-bond acceptors (Lipinski definition) is 2. The first-order chi connectivity index (χ1) is 8.58. The van der Waals surface area contributed by atoms with Crippen molar-refractivity contribution in [1.82, 2.24) is 4.98 Å². The summed E-state index contributed by atoms with van der Waals surface area (Å²) in [6.45, 7) is 0.166. The van der Waals surface area contributed by atoms with Gasteiger partial charge in [0.1, 0.15) is 22.5 Å². The molecule has 2 nitrogen and oxygen atoms in total. The topological polar surface area (TPSA) is 22.1 Å². The third kappa shape index (κ3) is 3.21. The predicted molar refractivity (Wildman–Crippen MR) is 75.1 cm³/mol. The van der Waals surface area contributed by atoms with E-state index >= 15 is 0 Å². The number of nitrogens with zero attached hydrogens (tertiary/aromatic N) is 1. The molecule has 0 fully saturated rings. The minimum Gasteiger partial charge on any atom is -0.486 e. The summed E-state index contributed by atoms with van der Waals surface area (Å²) in [6.07, 6.45) is 0. The Labute approximate surface area is 124 Å². The van der Waals surface area contributed by atoms with Gasteiger partial charge in [-0.25, -0.2) is 4.98 Å². The van der Waals surface area contributed by atoms with Gasteiger partial charge in [0.2, 0.25) is 0 Å². The first kappa shape index (κ1) is 13.8. The van der Waals surface area contributed by atoms with Crippen molar-refractivity contribution in [3.8, 4) is 5.75 Å². The van der Waals surface area contributed by atoms with Crippen LogP contribution < -0.4 is 4.74 Å². The zero-order valence-corrected chi connectivity index (χ0v) is 12.0. The van der Waals surface area contributed by atoms with Crippen molar-refractivity contribution < 1.29 is 4.74 Å². The van der Waals surface area contributed by atoms with Crippen molar-refractivity contribution in [3.63, 3.8) is 0 Å². The van der Waals surface area contributed by atoms with E-state index in [0.717, 1.165) is 0 Å². The van der Waals surface area contributed by atoms with Crippen LogP contribution in [0.1, 0.15) is 5.69 Å². The maximum Gasteiger partial charge on any atom is 0.140 e. The van der Waals surface area contributed by atoms with Crippen LogP contribution in [0.2, 0.25) is 20.2 Å². The molecule has 6 heteroatoms. The number of rotatable bonds is 3. The Bertz CT molecular complexity index is 572. The van der Waals surface area contributed by atoms with Gasteiger partial charge < -0.3 is 4.74 Å². The molecule has 0 unspecified atom stereocenters. The van der Waals surface area contributed by atoms with E-state index in [2.05, 4.69) is 4.98 Å². The Morgan fingerprint density at radius 3 is 2.50 bits per heavy atom. The highest BCUT2D eigenvalue weighted by Crippen LogP contribution is 2.32. The lowest BCUT2D eigenvalue weighted by molar-refractivity contribution is 0.301. The molecule has 1 heterocycles. The van der Waals surface area contributed by atoms with Gasteiger partial charge in [-0.1, -0.05) is 52.5 Å². The van der Waals surface area contributed by atoms with Crippen LogP contribution >= 0.6 is 46.4 Å². The third-order valence-electron chi connectivity index (χ3n) is 2.17. The number of benzene rings is 1. The molecule has 2 rings (SSSR count). The van der Waals surface area contributed by atoms with Crippen LogP contribution in [0.3, 0.4) is 0 Å². The van der Waals surface area contributed by atoms with Gasteiger partial charge in [0.05, 0.1) is 15.7 Å². The molecule has 0 saturated heterocycles. The summed E-state index contributed by atoms with van der Waals surface area (Å²) in [6, 6.07) is 8.42. The van der Waals surface area contributed by atoms with Gasteiger partial charge in [-0.05, 0) is 24.3 Å². The van der Waals surface area contributed by atoms with E-state index in [1.165, 1.54) is 0 Å². The average molecular weight is 323 g/mol. The maximum absolute atomic E-state index is 5.99. The highest BCUT2D eigenvalue weighted by atomic mass is 35.5. The summed E-state index contributed by atoms with van der Waals surface area (Å²) < 4.78 is 5.52. The van der Waals surface area contributed by atoms with Crippen LogP contribution in [-0.4, -0.2) is 4.98 Å². The second-order valence-corrected chi connectivity index (χ2v) is 4.98. The fourth-order valence-corrected chi connectivity index (χ4v) is 1.97. The Morgan fingerprint density at radius 1 is 0.944 bits per heavy atom. The van der Waals surface area contributed by atoms with Crippen molar-refractivity contribution in [3.05, 3.63) is 56.2 Å². The number of pyridine rings is 1. The minimum atomic E-state index is 0.166. The average Bonchev–Trinajstić information content (AvgIpc) is 2.35. The van der Waals surface area contributed by atoms with Crippen molar-refractivity contribution >= 4 is 46.4 Å². The van der Waals surface area contributed by atoms with E-state index in [-0.39, 0.29) is 6.61 Å². The first-order valence-electron chi connectivity index (χ1n) is 4.95. The summed E-state index contributed by atoms with van der Waals surface area (Å²) in [7, 11) is 0. The molecule has 0 aliphatic heterocycles. The van der Waals surface area contributed by atoms with Crippen LogP contribution in [0.4, 0.5) is 0 Å². The molecule has 0 N–H and O–H groups in total. The van der Waals surface area contributed by atoms with Gasteiger partial charge in [0.15, 0.2) is 0 Å². The standard InChI is InChI=1S/C12H7Cl4NO/c13-7-4-5-11(15)17-9(7)6-18-10-3-1-2-8(14)12(10)16/h1-5H,6H2. The molecule has 0 atom stereocenters. The second-order valence-electron chi connectivity index (χ2n) is 3.40. The first-order valence-corrected chi connectivity index (χ1v) is 6.47. The highest BCUT2D eigenvalue weighted by Gasteiger charge is 2.08. The Morgan fingerprint density at radius 2 is 1.72 bits per heavy atom. The molecular weight excluding hydrogens is 316 g/mol. The third-order valence-corrected chi connectivity index (χ3v) is 3.52. The molecule has 0 saturated carbocycles. The molecule has 18 heavy (non-hydrogen) atoms. The van der Waals surface area contributed by atoms with E-state index in [1.807, 2.05) is 0 Å². The van der Waals surface area contributed by atoms with Gasteiger partial charge >= 0.3 is 0 Å². The molecule has 2 aromatic rings. The lowest BCUT2D eigenvalue weighted by atomic mass is 10.3. The summed E-state index contributed by atoms with van der Waals surface area (Å²) in [5.74, 6) is 0.474. The predicted octanol–water partition coefficient (Wildman–Crippen LogP) is 5.27. The lowest BCUT2D eigenvalue weighted by Crippen LogP contribution is -2.00. The Hall–Kier alpha value is -0.670. The van der Waals surface area contributed by atoms with Crippen LogP contribution in [0.15, 0.2) is 30.3 Å². The number of aromatic nitrogens is 1. The fourth-order valence-electron chi connectivity index (χ4n) is 1.30. The van der Waals surface area contributed by atoms with E-state index < -0.39 is 0 Å². The van der Waals surface area contributed by atoms with Gasteiger partial charge in [0.25, 0.3) is 0 Å². The van der Waals surface area contributed by atoms with E-state index in [4.69, 9.17) is 51.1 Å². The summed E-state index contributed by atoms with van der Waals surface area (Å²) in [4.78, 5) is 4.07. The minimum absolute atomic E-state index is 0.166. The van der Waals surface area contributed by atoms with Crippen LogP contribution in [0, 0.1) is 0 Å². The van der Waals surface area contributed by atoms with Gasteiger partial charge in [0, 0.05) is 0 Å². The molecule has 0 radical (unpaired) electrons. The molecule has 1 aromatic heterocycles. The van der Waals surface area contributed by atoms with E-state index in [9.17, 15) is 0 Å². The fraction of sp³-hybridized carbons (Fsp3) is 0.0833. The second kappa shape index (κ2) is 5.98. The zero-order chi connectivity index (χ0) is 13.1. The molecular formula is C12H7Cl4NO. The maximum atomic E-state index is 5.99. The highest BCUT2D eigenvalue weighted by molar-refractivity contribution is 6.42. The molecule has 0 amide bonds. The van der Waals surface area contributed by atoms with E-state index in [1.54, 1.807) is 30.3 Å². The van der Waals surface area contributed by atoms with Crippen molar-refractivity contribution in [2.24, 2.45) is 0 Å². The quantitative estimate of drug-likeness (QED) is 0.718. The Kier molecular flexibility index (Phi) is 4.57.